The Morgan fingerprint density at radius 3 is 2.67 bits per heavy atom. The van der Waals surface area contributed by atoms with Crippen LogP contribution in [0.2, 0.25) is 0 Å². The van der Waals surface area contributed by atoms with Gasteiger partial charge in [0.05, 0.1) is 11.8 Å². The van der Waals surface area contributed by atoms with Crippen LogP contribution in [-0.4, -0.2) is 28.2 Å². The summed E-state index contributed by atoms with van der Waals surface area (Å²) in [7, 11) is 0. The van der Waals surface area contributed by atoms with Crippen LogP contribution in [0.5, 0.6) is 0 Å². The molecule has 2 aliphatic rings. The van der Waals surface area contributed by atoms with Crippen LogP contribution in [0.25, 0.3) is 5.76 Å². The Morgan fingerprint density at radius 2 is 1.96 bits per heavy atom. The molecule has 4 rings (SSSR count). The van der Waals surface area contributed by atoms with Gasteiger partial charge in [0.1, 0.15) is 17.6 Å². The second kappa shape index (κ2) is 7.06. The van der Waals surface area contributed by atoms with Gasteiger partial charge in [0.15, 0.2) is 0 Å². The zero-order chi connectivity index (χ0) is 19.0. The highest BCUT2D eigenvalue weighted by Crippen LogP contribution is 2.40. The first-order valence-corrected chi connectivity index (χ1v) is 9.55. The van der Waals surface area contributed by atoms with E-state index in [-0.39, 0.29) is 11.3 Å². The summed E-state index contributed by atoms with van der Waals surface area (Å²) < 4.78 is 5.51. The molecule has 0 saturated carbocycles. The highest BCUT2D eigenvalue weighted by molar-refractivity contribution is 6.46. The number of carbonyl (C=O) groups excluding carboxylic acids is 2. The van der Waals surface area contributed by atoms with E-state index >= 15 is 0 Å². The number of fused-ring (bicyclic) bond motifs is 1. The molecule has 2 aromatic rings. The number of carbonyl (C=O) groups is 2. The van der Waals surface area contributed by atoms with Gasteiger partial charge >= 0.3 is 0 Å². The SMILES string of the molecule is CCCN1C(=O)C(=O)/C(=C(\O)c2ccc3c(c2)CCCC3)C1c1ccco1. The van der Waals surface area contributed by atoms with E-state index in [0.717, 1.165) is 19.3 Å². The molecule has 140 valence electrons. The first kappa shape index (κ1) is 17.6. The highest BCUT2D eigenvalue weighted by Gasteiger charge is 2.47. The molecule has 0 bridgehead atoms. The molecular weight excluding hydrogens is 342 g/mol. The summed E-state index contributed by atoms with van der Waals surface area (Å²) in [5.41, 5.74) is 3.20. The van der Waals surface area contributed by atoms with Crippen molar-refractivity contribution in [1.29, 1.82) is 0 Å². The molecule has 1 aromatic carbocycles. The lowest BCUT2D eigenvalue weighted by Gasteiger charge is -2.22. The van der Waals surface area contributed by atoms with Crippen LogP contribution in [-0.2, 0) is 22.4 Å². The van der Waals surface area contributed by atoms with Crippen molar-refractivity contribution < 1.29 is 19.1 Å². The molecule has 1 aliphatic heterocycles. The van der Waals surface area contributed by atoms with Crippen molar-refractivity contribution in [2.45, 2.75) is 45.1 Å². The number of aliphatic hydroxyl groups is 1. The van der Waals surface area contributed by atoms with Crippen molar-refractivity contribution in [2.75, 3.05) is 6.54 Å². The first-order valence-electron chi connectivity index (χ1n) is 9.55. The van der Waals surface area contributed by atoms with Crippen molar-refractivity contribution in [3.8, 4) is 0 Å². The number of aliphatic hydroxyl groups excluding tert-OH is 1. The molecule has 1 unspecified atom stereocenters. The van der Waals surface area contributed by atoms with E-state index < -0.39 is 17.7 Å². The fourth-order valence-electron chi connectivity index (χ4n) is 4.13. The molecule has 2 heterocycles. The van der Waals surface area contributed by atoms with Gasteiger partial charge in [-0.3, -0.25) is 9.59 Å². The van der Waals surface area contributed by atoms with E-state index in [1.54, 1.807) is 12.1 Å². The summed E-state index contributed by atoms with van der Waals surface area (Å²) in [4.78, 5) is 26.8. The van der Waals surface area contributed by atoms with Gasteiger partial charge in [-0.15, -0.1) is 0 Å². The second-order valence-corrected chi connectivity index (χ2v) is 7.20. The molecule has 1 N–H and O–H groups in total. The minimum Gasteiger partial charge on any atom is -0.507 e. The molecule has 5 nitrogen and oxygen atoms in total. The average molecular weight is 365 g/mol. The largest absolute Gasteiger partial charge is 0.507 e. The Morgan fingerprint density at radius 1 is 1.19 bits per heavy atom. The summed E-state index contributed by atoms with van der Waals surface area (Å²) in [5.74, 6) is -0.873. The quantitative estimate of drug-likeness (QED) is 0.505. The van der Waals surface area contributed by atoms with Crippen molar-refractivity contribution in [3.05, 3.63) is 64.6 Å². The number of amides is 1. The number of likely N-dealkylation sites (tertiary alicyclic amines) is 1. The molecule has 0 spiro atoms. The molecule has 5 heteroatoms. The van der Waals surface area contributed by atoms with Crippen LogP contribution in [0.4, 0.5) is 0 Å². The highest BCUT2D eigenvalue weighted by atomic mass is 16.3. The first-order chi connectivity index (χ1) is 13.1. The molecule has 1 amide bonds. The third-order valence-corrected chi connectivity index (χ3v) is 5.44. The summed E-state index contributed by atoms with van der Waals surface area (Å²) in [5, 5.41) is 11.0. The third kappa shape index (κ3) is 2.97. The third-order valence-electron chi connectivity index (χ3n) is 5.44. The Bertz CT molecular complexity index is 910. The van der Waals surface area contributed by atoms with Crippen molar-refractivity contribution in [2.24, 2.45) is 0 Å². The predicted molar refractivity (Wildman–Crippen MR) is 101 cm³/mol. The van der Waals surface area contributed by atoms with Gasteiger partial charge in [-0.25, -0.2) is 0 Å². The van der Waals surface area contributed by atoms with Gasteiger partial charge in [-0.2, -0.15) is 0 Å². The van der Waals surface area contributed by atoms with E-state index in [9.17, 15) is 14.7 Å². The maximum Gasteiger partial charge on any atom is 0.295 e. The zero-order valence-electron chi connectivity index (χ0n) is 15.4. The van der Waals surface area contributed by atoms with Crippen molar-refractivity contribution >= 4 is 17.4 Å². The molecule has 1 saturated heterocycles. The lowest BCUT2D eigenvalue weighted by atomic mass is 9.89. The summed E-state index contributed by atoms with van der Waals surface area (Å²) in [6, 6.07) is 8.59. The monoisotopic (exact) mass is 365 g/mol. The number of ketones is 1. The molecule has 1 atom stereocenters. The van der Waals surface area contributed by atoms with Gasteiger partial charge in [0, 0.05) is 12.1 Å². The number of hydrogen-bond acceptors (Lipinski definition) is 4. The summed E-state index contributed by atoms with van der Waals surface area (Å²) in [6.07, 6.45) is 6.55. The van der Waals surface area contributed by atoms with E-state index in [2.05, 4.69) is 0 Å². The van der Waals surface area contributed by atoms with Crippen LogP contribution in [0.1, 0.15) is 54.7 Å². The van der Waals surface area contributed by atoms with Gasteiger partial charge in [-0.05, 0) is 61.4 Å². The summed E-state index contributed by atoms with van der Waals surface area (Å²) >= 11 is 0. The fraction of sp³-hybridized carbons (Fsp3) is 0.364. The lowest BCUT2D eigenvalue weighted by Crippen LogP contribution is -2.30. The Labute approximate surface area is 158 Å². The Hall–Kier alpha value is -2.82. The van der Waals surface area contributed by atoms with Crippen LogP contribution >= 0.6 is 0 Å². The van der Waals surface area contributed by atoms with Gasteiger partial charge in [0.2, 0.25) is 0 Å². The van der Waals surface area contributed by atoms with Crippen LogP contribution < -0.4 is 0 Å². The van der Waals surface area contributed by atoms with E-state index in [0.29, 0.717) is 24.3 Å². The average Bonchev–Trinajstić information content (AvgIpc) is 3.30. The smallest absolute Gasteiger partial charge is 0.295 e. The van der Waals surface area contributed by atoms with E-state index in [1.807, 2.05) is 25.1 Å². The Balaban J connectivity index is 1.83. The molecule has 27 heavy (non-hydrogen) atoms. The molecule has 1 aromatic heterocycles. The zero-order valence-corrected chi connectivity index (χ0v) is 15.4. The maximum atomic E-state index is 12.7. The minimum atomic E-state index is -0.684. The Kier molecular flexibility index (Phi) is 4.60. The van der Waals surface area contributed by atoms with Gasteiger partial charge in [-0.1, -0.05) is 19.1 Å². The topological polar surface area (TPSA) is 70.8 Å². The fourth-order valence-corrected chi connectivity index (χ4v) is 4.13. The van der Waals surface area contributed by atoms with Crippen LogP contribution in [0.15, 0.2) is 46.6 Å². The van der Waals surface area contributed by atoms with Crippen LogP contribution in [0, 0.1) is 0 Å². The molecule has 1 fully saturated rings. The standard InChI is InChI=1S/C22H23NO4/c1-2-11-23-19(17-8-5-12-27-17)18(21(25)22(23)26)20(24)16-10-9-14-6-3-4-7-15(14)13-16/h5,8-10,12-13,19,24H,2-4,6-7,11H2,1H3/b20-18-. The van der Waals surface area contributed by atoms with E-state index in [1.165, 1.54) is 28.7 Å². The molecular formula is C22H23NO4. The number of hydrogen-bond donors (Lipinski definition) is 1. The molecule has 0 radical (unpaired) electrons. The summed E-state index contributed by atoms with van der Waals surface area (Å²) in [6.45, 7) is 2.37. The molecule has 1 aliphatic carbocycles. The number of rotatable bonds is 4. The van der Waals surface area contributed by atoms with Gasteiger partial charge < -0.3 is 14.4 Å². The number of aryl methyl sites for hydroxylation is 2. The minimum absolute atomic E-state index is 0.110. The van der Waals surface area contributed by atoms with Gasteiger partial charge in [0.25, 0.3) is 11.7 Å². The number of furan rings is 1. The van der Waals surface area contributed by atoms with Crippen molar-refractivity contribution in [3.63, 3.8) is 0 Å². The lowest BCUT2D eigenvalue weighted by molar-refractivity contribution is -0.140. The van der Waals surface area contributed by atoms with E-state index in [4.69, 9.17) is 4.42 Å². The number of nitrogens with zero attached hydrogens (tertiary/aromatic N) is 1. The predicted octanol–water partition coefficient (Wildman–Crippen LogP) is 3.99. The van der Waals surface area contributed by atoms with Crippen molar-refractivity contribution in [1.82, 2.24) is 4.90 Å². The number of Topliss-reactive ketones (excluding diaryl/α,β-unsaturated/α-hetero) is 1. The number of benzene rings is 1. The maximum absolute atomic E-state index is 12.7. The normalized spacial score (nSPS) is 21.5. The second-order valence-electron chi connectivity index (χ2n) is 7.20. The van der Waals surface area contributed by atoms with Crippen LogP contribution in [0.3, 0.4) is 0 Å².